The highest BCUT2D eigenvalue weighted by atomic mass is 35.5. The Kier molecular flexibility index (Phi) is 3.86. The average molecular weight is 341 g/mol. The van der Waals surface area contributed by atoms with Crippen molar-refractivity contribution in [1.29, 1.82) is 0 Å². The van der Waals surface area contributed by atoms with Gasteiger partial charge in [-0.3, -0.25) is 5.43 Å². The minimum absolute atomic E-state index is 0.282. The summed E-state index contributed by atoms with van der Waals surface area (Å²) in [6.07, 6.45) is 0. The van der Waals surface area contributed by atoms with E-state index >= 15 is 0 Å². The molecule has 0 atom stereocenters. The summed E-state index contributed by atoms with van der Waals surface area (Å²) in [7, 11) is 0. The highest BCUT2D eigenvalue weighted by Crippen LogP contribution is 2.36. The van der Waals surface area contributed by atoms with Crippen molar-refractivity contribution >= 4 is 50.7 Å². The normalized spacial score (nSPS) is 10.9. The number of thiophene rings is 1. The molecule has 2 aromatic heterocycles. The number of nitrogens with zero attached hydrogens (tertiary/aromatic N) is 2. The predicted octanol–water partition coefficient (Wildman–Crippen LogP) is 4.38. The zero-order chi connectivity index (χ0) is 15.0. The second-order valence-corrected chi connectivity index (χ2v) is 6.33. The number of nitrogens with two attached hydrogens (primary N) is 1. The van der Waals surface area contributed by atoms with Crippen molar-refractivity contribution < 1.29 is 4.74 Å². The second-order valence-electron chi connectivity index (χ2n) is 4.25. The number of aryl methyl sites for hydroxylation is 1. The number of nitrogens with one attached hydrogen (secondary N) is 1. The molecule has 0 saturated carbocycles. The van der Waals surface area contributed by atoms with Gasteiger partial charge in [-0.25, -0.2) is 10.8 Å². The van der Waals surface area contributed by atoms with E-state index in [0.717, 1.165) is 15.1 Å². The number of rotatable bonds is 3. The number of hydrogen-bond donors (Lipinski definition) is 2. The third kappa shape index (κ3) is 2.89. The van der Waals surface area contributed by atoms with Gasteiger partial charge in [-0.05, 0) is 31.2 Å². The van der Waals surface area contributed by atoms with E-state index in [2.05, 4.69) is 15.4 Å². The average Bonchev–Trinajstić information content (AvgIpc) is 2.82. The smallest absolute Gasteiger partial charge is 0.241 e. The first kappa shape index (κ1) is 14.3. The van der Waals surface area contributed by atoms with Crippen molar-refractivity contribution in [3.63, 3.8) is 0 Å². The summed E-state index contributed by atoms with van der Waals surface area (Å²) >= 11 is 13.5. The summed E-state index contributed by atoms with van der Waals surface area (Å²) in [5.74, 6) is 6.53. The van der Waals surface area contributed by atoms with Crippen LogP contribution in [0.15, 0.2) is 24.3 Å². The fourth-order valence-electron chi connectivity index (χ4n) is 1.82. The zero-order valence-corrected chi connectivity index (χ0v) is 13.2. The predicted molar refractivity (Wildman–Crippen MR) is 86.5 cm³/mol. The molecule has 8 heteroatoms. The molecule has 0 aliphatic heterocycles. The van der Waals surface area contributed by atoms with Crippen LogP contribution in [0.4, 0.5) is 5.95 Å². The molecular formula is C13H10Cl2N4OS. The van der Waals surface area contributed by atoms with Crippen LogP contribution in [0.3, 0.4) is 0 Å². The second kappa shape index (κ2) is 5.65. The van der Waals surface area contributed by atoms with Crippen LogP contribution in [0.5, 0.6) is 11.6 Å². The molecule has 1 aromatic carbocycles. The van der Waals surface area contributed by atoms with E-state index in [0.29, 0.717) is 21.7 Å². The van der Waals surface area contributed by atoms with Crippen LogP contribution in [-0.4, -0.2) is 9.97 Å². The molecular weight excluding hydrogens is 331 g/mol. The van der Waals surface area contributed by atoms with Gasteiger partial charge in [0, 0.05) is 9.90 Å². The van der Waals surface area contributed by atoms with Crippen LogP contribution in [-0.2, 0) is 0 Å². The van der Waals surface area contributed by atoms with E-state index in [4.69, 9.17) is 33.8 Å². The van der Waals surface area contributed by atoms with E-state index < -0.39 is 0 Å². The van der Waals surface area contributed by atoms with Crippen LogP contribution in [0.1, 0.15) is 4.88 Å². The Morgan fingerprint density at radius 1 is 1.24 bits per heavy atom. The number of benzene rings is 1. The molecule has 3 rings (SSSR count). The summed E-state index contributed by atoms with van der Waals surface area (Å²) < 4.78 is 5.80. The summed E-state index contributed by atoms with van der Waals surface area (Å²) in [4.78, 5) is 10.4. The van der Waals surface area contributed by atoms with Crippen LogP contribution in [0.25, 0.3) is 10.2 Å². The first-order valence-electron chi connectivity index (χ1n) is 5.94. The van der Waals surface area contributed by atoms with E-state index in [1.165, 1.54) is 11.3 Å². The van der Waals surface area contributed by atoms with E-state index in [1.54, 1.807) is 18.2 Å². The maximum atomic E-state index is 6.12. The lowest BCUT2D eigenvalue weighted by atomic mass is 10.3. The van der Waals surface area contributed by atoms with Gasteiger partial charge in [0.2, 0.25) is 11.8 Å². The number of nitrogen functional groups attached to an aromatic ring is 1. The monoisotopic (exact) mass is 340 g/mol. The summed E-state index contributed by atoms with van der Waals surface area (Å²) in [6, 6.07) is 6.95. The van der Waals surface area contributed by atoms with Crippen molar-refractivity contribution in [2.24, 2.45) is 5.84 Å². The molecule has 0 bridgehead atoms. The summed E-state index contributed by atoms with van der Waals surface area (Å²) in [6.45, 7) is 1.99. The standard InChI is InChI=1S/C13H10Cl2N4OS/c1-6-4-8-11(17-13(19-16)18-12(8)21-6)20-10-3-2-7(14)5-9(10)15/h2-5H,16H2,1H3,(H,17,18,19). The van der Waals surface area contributed by atoms with Gasteiger partial charge >= 0.3 is 0 Å². The Bertz CT molecular complexity index is 821. The molecule has 0 spiro atoms. The Labute approximate surface area is 134 Å². The van der Waals surface area contributed by atoms with Gasteiger partial charge in [-0.1, -0.05) is 23.2 Å². The van der Waals surface area contributed by atoms with Crippen molar-refractivity contribution in [3.05, 3.63) is 39.2 Å². The molecule has 0 aliphatic carbocycles. The minimum atomic E-state index is 0.282. The van der Waals surface area contributed by atoms with E-state index in [-0.39, 0.29) is 5.95 Å². The molecule has 108 valence electrons. The number of halogens is 2. The van der Waals surface area contributed by atoms with Gasteiger partial charge in [-0.2, -0.15) is 4.98 Å². The Hall–Kier alpha value is -1.60. The van der Waals surface area contributed by atoms with Crippen molar-refractivity contribution in [1.82, 2.24) is 9.97 Å². The number of hydrogen-bond acceptors (Lipinski definition) is 6. The Balaban J connectivity index is 2.10. The number of aromatic nitrogens is 2. The van der Waals surface area contributed by atoms with Gasteiger partial charge in [0.05, 0.1) is 10.4 Å². The third-order valence-electron chi connectivity index (χ3n) is 2.71. The molecule has 0 radical (unpaired) electrons. The Morgan fingerprint density at radius 2 is 2.05 bits per heavy atom. The number of ether oxygens (including phenoxy) is 1. The summed E-state index contributed by atoms with van der Waals surface area (Å²) in [5.41, 5.74) is 2.43. The topological polar surface area (TPSA) is 73.1 Å². The molecule has 5 nitrogen and oxygen atoms in total. The molecule has 3 aromatic rings. The van der Waals surface area contributed by atoms with E-state index in [1.807, 2.05) is 13.0 Å². The molecule has 2 heterocycles. The third-order valence-corrected chi connectivity index (χ3v) is 4.19. The molecule has 0 fully saturated rings. The van der Waals surface area contributed by atoms with Crippen LogP contribution < -0.4 is 16.0 Å². The quantitative estimate of drug-likeness (QED) is 0.546. The largest absolute Gasteiger partial charge is 0.437 e. The zero-order valence-electron chi connectivity index (χ0n) is 10.9. The van der Waals surface area contributed by atoms with Crippen molar-refractivity contribution in [2.45, 2.75) is 6.92 Å². The fraction of sp³-hybridized carbons (Fsp3) is 0.0769. The molecule has 0 amide bonds. The first-order chi connectivity index (χ1) is 10.1. The van der Waals surface area contributed by atoms with Crippen molar-refractivity contribution in [3.8, 4) is 11.6 Å². The van der Waals surface area contributed by atoms with Gasteiger partial charge in [0.25, 0.3) is 0 Å². The van der Waals surface area contributed by atoms with Crippen LogP contribution in [0.2, 0.25) is 10.0 Å². The lowest BCUT2D eigenvalue weighted by molar-refractivity contribution is 0.469. The maximum Gasteiger partial charge on any atom is 0.241 e. The fourth-order valence-corrected chi connectivity index (χ4v) is 3.14. The SMILES string of the molecule is Cc1cc2c(Oc3ccc(Cl)cc3Cl)nc(NN)nc2s1. The number of fused-ring (bicyclic) bond motifs is 1. The van der Waals surface area contributed by atoms with Gasteiger partial charge in [0.15, 0.2) is 0 Å². The highest BCUT2D eigenvalue weighted by molar-refractivity contribution is 7.18. The number of hydrazine groups is 1. The summed E-state index contributed by atoms with van der Waals surface area (Å²) in [5, 5.41) is 1.75. The van der Waals surface area contributed by atoms with Crippen LogP contribution >= 0.6 is 34.5 Å². The van der Waals surface area contributed by atoms with Gasteiger partial charge < -0.3 is 4.74 Å². The lowest BCUT2D eigenvalue weighted by Crippen LogP contribution is -2.10. The minimum Gasteiger partial charge on any atom is -0.437 e. The number of anilines is 1. The van der Waals surface area contributed by atoms with Gasteiger partial charge in [0.1, 0.15) is 10.6 Å². The maximum absolute atomic E-state index is 6.12. The molecule has 21 heavy (non-hydrogen) atoms. The van der Waals surface area contributed by atoms with Gasteiger partial charge in [-0.15, -0.1) is 11.3 Å². The molecule has 0 unspecified atom stereocenters. The lowest BCUT2D eigenvalue weighted by Gasteiger charge is -2.09. The molecule has 0 saturated heterocycles. The van der Waals surface area contributed by atoms with Crippen molar-refractivity contribution in [2.75, 3.05) is 5.43 Å². The molecule has 0 aliphatic rings. The Morgan fingerprint density at radius 3 is 2.76 bits per heavy atom. The highest BCUT2D eigenvalue weighted by Gasteiger charge is 2.13. The van der Waals surface area contributed by atoms with E-state index in [9.17, 15) is 0 Å². The first-order valence-corrected chi connectivity index (χ1v) is 7.52. The molecule has 3 N–H and O–H groups in total. The van der Waals surface area contributed by atoms with Crippen LogP contribution in [0, 0.1) is 6.92 Å².